The number of nitrogens with zero attached hydrogens (tertiary/aromatic N) is 4. The van der Waals surface area contributed by atoms with Crippen molar-refractivity contribution in [1.82, 2.24) is 19.6 Å². The molecule has 0 saturated carbocycles. The molecule has 2 aromatic rings. The van der Waals surface area contributed by atoms with Crippen LogP contribution in [-0.2, 0) is 22.5 Å². The lowest BCUT2D eigenvalue weighted by atomic mass is 9.78. The van der Waals surface area contributed by atoms with E-state index in [4.69, 9.17) is 9.26 Å². The van der Waals surface area contributed by atoms with Crippen LogP contribution in [0.25, 0.3) is 0 Å². The number of aryl methyl sites for hydroxylation is 1. The summed E-state index contributed by atoms with van der Waals surface area (Å²) in [6.45, 7) is 4.27. The van der Waals surface area contributed by atoms with Crippen molar-refractivity contribution < 1.29 is 14.1 Å². The second-order valence-corrected chi connectivity index (χ2v) is 6.93. The standard InChI is InChI=1S/C17H20N4O4/c1-12-18-14(25-19-12)6-17-10-21(7-13(17)9-24-11-17)16(23)8-20-5-3-2-4-15(20)22/h2-5,13H,6-11H2,1H3/t13-,17+/m1/s1. The Morgan fingerprint density at radius 2 is 2.32 bits per heavy atom. The molecule has 25 heavy (non-hydrogen) atoms. The Kier molecular flexibility index (Phi) is 3.91. The van der Waals surface area contributed by atoms with Crippen LogP contribution in [0.1, 0.15) is 11.7 Å². The van der Waals surface area contributed by atoms with E-state index in [9.17, 15) is 9.59 Å². The van der Waals surface area contributed by atoms with E-state index < -0.39 is 0 Å². The Morgan fingerprint density at radius 3 is 3.08 bits per heavy atom. The van der Waals surface area contributed by atoms with Crippen LogP contribution in [0.4, 0.5) is 0 Å². The Hall–Kier alpha value is -2.48. The molecule has 2 aromatic heterocycles. The Morgan fingerprint density at radius 1 is 1.44 bits per heavy atom. The lowest BCUT2D eigenvalue weighted by Gasteiger charge is -2.25. The SMILES string of the molecule is Cc1noc(C[C@]23COC[C@H]2CN(C(=O)Cn2ccccc2=O)C3)n1. The van der Waals surface area contributed by atoms with Gasteiger partial charge in [-0.05, 0) is 13.0 Å². The average Bonchev–Trinajstić information content (AvgIpc) is 3.24. The van der Waals surface area contributed by atoms with Gasteiger partial charge in [0.1, 0.15) is 6.54 Å². The van der Waals surface area contributed by atoms with E-state index in [-0.39, 0.29) is 29.3 Å². The number of carbonyl (C=O) groups excluding carboxylic acids is 1. The third-order valence-corrected chi connectivity index (χ3v) is 5.15. The van der Waals surface area contributed by atoms with Crippen LogP contribution < -0.4 is 5.56 Å². The van der Waals surface area contributed by atoms with Gasteiger partial charge in [0.15, 0.2) is 5.82 Å². The van der Waals surface area contributed by atoms with Crippen molar-refractivity contribution in [2.45, 2.75) is 19.9 Å². The largest absolute Gasteiger partial charge is 0.380 e. The lowest BCUT2D eigenvalue weighted by molar-refractivity contribution is -0.131. The molecule has 4 heterocycles. The number of ether oxygens (including phenoxy) is 1. The molecule has 2 fully saturated rings. The number of pyridine rings is 1. The first-order chi connectivity index (χ1) is 12.1. The fraction of sp³-hybridized carbons (Fsp3) is 0.529. The zero-order chi connectivity index (χ0) is 17.4. The summed E-state index contributed by atoms with van der Waals surface area (Å²) in [4.78, 5) is 30.6. The van der Waals surface area contributed by atoms with E-state index in [2.05, 4.69) is 10.1 Å². The van der Waals surface area contributed by atoms with E-state index in [1.54, 1.807) is 25.3 Å². The van der Waals surface area contributed by atoms with Gasteiger partial charge in [0.05, 0.1) is 13.2 Å². The summed E-state index contributed by atoms with van der Waals surface area (Å²) in [5.41, 5.74) is -0.356. The monoisotopic (exact) mass is 344 g/mol. The molecule has 132 valence electrons. The fourth-order valence-electron chi connectivity index (χ4n) is 3.82. The molecule has 0 aromatic carbocycles. The minimum absolute atomic E-state index is 0.0521. The third-order valence-electron chi connectivity index (χ3n) is 5.15. The third kappa shape index (κ3) is 2.97. The number of amides is 1. The number of aromatic nitrogens is 3. The Labute approximate surface area is 144 Å². The number of likely N-dealkylation sites (tertiary alicyclic amines) is 1. The summed E-state index contributed by atoms with van der Waals surface area (Å²) in [7, 11) is 0. The van der Waals surface area contributed by atoms with Gasteiger partial charge in [-0.1, -0.05) is 11.2 Å². The highest BCUT2D eigenvalue weighted by Crippen LogP contribution is 2.43. The number of hydrogen-bond acceptors (Lipinski definition) is 6. The van der Waals surface area contributed by atoms with Crippen LogP contribution in [-0.4, -0.2) is 51.8 Å². The zero-order valence-electron chi connectivity index (χ0n) is 14.1. The second kappa shape index (κ2) is 6.11. The smallest absolute Gasteiger partial charge is 0.250 e. The number of hydrogen-bond donors (Lipinski definition) is 0. The summed E-state index contributed by atoms with van der Waals surface area (Å²) < 4.78 is 12.4. The summed E-state index contributed by atoms with van der Waals surface area (Å²) in [5.74, 6) is 1.39. The Bertz CT molecular complexity index is 845. The van der Waals surface area contributed by atoms with Crippen molar-refractivity contribution in [1.29, 1.82) is 0 Å². The van der Waals surface area contributed by atoms with Crippen LogP contribution in [0.3, 0.4) is 0 Å². The molecular weight excluding hydrogens is 324 g/mol. The van der Waals surface area contributed by atoms with Crippen molar-refractivity contribution in [3.8, 4) is 0 Å². The van der Waals surface area contributed by atoms with Gasteiger partial charge in [0, 0.05) is 43.1 Å². The molecule has 4 rings (SSSR count). The highest BCUT2D eigenvalue weighted by molar-refractivity contribution is 5.76. The molecule has 2 aliphatic heterocycles. The normalized spacial score (nSPS) is 25.3. The van der Waals surface area contributed by atoms with E-state index in [0.717, 1.165) is 0 Å². The van der Waals surface area contributed by atoms with Gasteiger partial charge < -0.3 is 18.7 Å². The van der Waals surface area contributed by atoms with E-state index in [1.165, 1.54) is 10.6 Å². The maximum absolute atomic E-state index is 12.7. The van der Waals surface area contributed by atoms with Crippen molar-refractivity contribution >= 4 is 5.91 Å². The number of rotatable bonds is 4. The van der Waals surface area contributed by atoms with Gasteiger partial charge in [-0.3, -0.25) is 9.59 Å². The maximum Gasteiger partial charge on any atom is 0.250 e. The molecule has 0 aliphatic carbocycles. The molecule has 0 N–H and O–H groups in total. The van der Waals surface area contributed by atoms with E-state index in [1.807, 2.05) is 4.90 Å². The average molecular weight is 344 g/mol. The predicted molar refractivity (Wildman–Crippen MR) is 86.8 cm³/mol. The molecule has 2 saturated heterocycles. The maximum atomic E-state index is 12.7. The molecule has 0 radical (unpaired) electrons. The quantitative estimate of drug-likeness (QED) is 0.790. The topological polar surface area (TPSA) is 90.5 Å². The van der Waals surface area contributed by atoms with Gasteiger partial charge in [-0.15, -0.1) is 0 Å². The van der Waals surface area contributed by atoms with E-state index in [0.29, 0.717) is 44.4 Å². The predicted octanol–water partition coefficient (Wildman–Crippen LogP) is 0.257. The molecule has 1 amide bonds. The van der Waals surface area contributed by atoms with Crippen LogP contribution in [0, 0.1) is 18.3 Å². The molecule has 2 aliphatic rings. The van der Waals surface area contributed by atoms with Crippen LogP contribution in [0.5, 0.6) is 0 Å². The van der Waals surface area contributed by atoms with Gasteiger partial charge in [0.2, 0.25) is 11.8 Å². The number of fused-ring (bicyclic) bond motifs is 1. The number of carbonyl (C=O) groups is 1. The summed E-state index contributed by atoms with van der Waals surface area (Å²) in [6, 6.07) is 4.88. The van der Waals surface area contributed by atoms with Gasteiger partial charge in [-0.2, -0.15) is 4.98 Å². The first-order valence-electron chi connectivity index (χ1n) is 8.36. The highest BCUT2D eigenvalue weighted by Gasteiger charge is 2.52. The van der Waals surface area contributed by atoms with Crippen molar-refractivity contribution in [3.63, 3.8) is 0 Å². The minimum Gasteiger partial charge on any atom is -0.380 e. The second-order valence-electron chi connectivity index (χ2n) is 6.93. The van der Waals surface area contributed by atoms with Gasteiger partial charge >= 0.3 is 0 Å². The molecule has 0 spiro atoms. The summed E-state index contributed by atoms with van der Waals surface area (Å²) in [5, 5.41) is 3.84. The van der Waals surface area contributed by atoms with Crippen molar-refractivity contribution in [3.05, 3.63) is 46.5 Å². The first-order valence-corrected chi connectivity index (χ1v) is 8.36. The molecule has 2 atom stereocenters. The molecule has 0 unspecified atom stereocenters. The zero-order valence-corrected chi connectivity index (χ0v) is 14.1. The first kappa shape index (κ1) is 16.0. The molecule has 8 nitrogen and oxygen atoms in total. The van der Waals surface area contributed by atoms with E-state index >= 15 is 0 Å². The van der Waals surface area contributed by atoms with Crippen molar-refractivity contribution in [2.75, 3.05) is 26.3 Å². The molecule has 8 heteroatoms. The fourth-order valence-corrected chi connectivity index (χ4v) is 3.82. The van der Waals surface area contributed by atoms with Crippen LogP contribution in [0.15, 0.2) is 33.7 Å². The summed E-state index contributed by atoms with van der Waals surface area (Å²) in [6.07, 6.45) is 2.24. The molecular formula is C17H20N4O4. The molecule has 0 bridgehead atoms. The van der Waals surface area contributed by atoms with Gasteiger partial charge in [-0.25, -0.2) is 0 Å². The Balaban J connectivity index is 1.49. The van der Waals surface area contributed by atoms with Gasteiger partial charge in [0.25, 0.3) is 5.56 Å². The van der Waals surface area contributed by atoms with Crippen LogP contribution >= 0.6 is 0 Å². The summed E-state index contributed by atoms with van der Waals surface area (Å²) >= 11 is 0. The minimum atomic E-state index is -0.184. The highest BCUT2D eigenvalue weighted by atomic mass is 16.5. The van der Waals surface area contributed by atoms with Crippen molar-refractivity contribution in [2.24, 2.45) is 11.3 Å². The van der Waals surface area contributed by atoms with Crippen LogP contribution in [0.2, 0.25) is 0 Å². The lowest BCUT2D eigenvalue weighted by Crippen LogP contribution is -2.38.